The van der Waals surface area contributed by atoms with Crippen LogP contribution in [0.3, 0.4) is 0 Å². The maximum Gasteiger partial charge on any atom is 0.491 e. The van der Waals surface area contributed by atoms with Gasteiger partial charge in [-0.2, -0.15) is 18.2 Å². The Labute approximate surface area is 151 Å². The lowest BCUT2D eigenvalue weighted by Crippen LogP contribution is -2.28. The molecule has 3 rings (SSSR count). The zero-order valence-electron chi connectivity index (χ0n) is 13.8. The molecular weight excluding hydrogens is 363 g/mol. The molecule has 2 aromatic carbocycles. The van der Waals surface area contributed by atoms with Crippen LogP contribution in [0, 0.1) is 0 Å². The highest BCUT2D eigenvalue weighted by Crippen LogP contribution is 2.30. The minimum Gasteiger partial charge on any atom is -0.419 e. The van der Waals surface area contributed by atoms with Crippen LogP contribution in [0.4, 0.5) is 13.2 Å². The summed E-state index contributed by atoms with van der Waals surface area (Å²) in [5.74, 6) is -2.58. The van der Waals surface area contributed by atoms with Crippen LogP contribution in [0.2, 0.25) is 0 Å². The monoisotopic (exact) mass is 377 g/mol. The second-order valence-corrected chi connectivity index (χ2v) is 5.64. The number of hydrogen-bond donors (Lipinski definition) is 1. The Hall–Kier alpha value is -3.20. The third-order valence-corrected chi connectivity index (χ3v) is 3.62. The number of carbonyl (C=O) groups excluding carboxylic acids is 1. The summed E-state index contributed by atoms with van der Waals surface area (Å²) >= 11 is 0. The van der Waals surface area contributed by atoms with Crippen molar-refractivity contribution in [3.63, 3.8) is 0 Å². The standard InChI is InChI=1S/C18H14F3N3O3/c19-18(20,21)17(25)26-14-9-5-4-8-12(14)15-23-16(27-24-15)13(22)10-11-6-2-1-3-7-11/h1-9,13H,10,22H2. The van der Waals surface area contributed by atoms with Crippen LogP contribution in [0.1, 0.15) is 17.5 Å². The Morgan fingerprint density at radius 2 is 1.78 bits per heavy atom. The molecular formula is C18H14F3N3O3. The van der Waals surface area contributed by atoms with E-state index in [0.717, 1.165) is 5.56 Å². The lowest BCUT2D eigenvalue weighted by Gasteiger charge is -2.09. The van der Waals surface area contributed by atoms with Crippen LogP contribution in [-0.4, -0.2) is 22.3 Å². The number of halogens is 3. The highest BCUT2D eigenvalue weighted by molar-refractivity contribution is 5.80. The molecule has 1 aromatic heterocycles. The predicted octanol–water partition coefficient (Wildman–Crippen LogP) is 3.45. The molecule has 140 valence electrons. The van der Waals surface area contributed by atoms with Gasteiger partial charge in [-0.1, -0.05) is 47.6 Å². The van der Waals surface area contributed by atoms with Gasteiger partial charge in [-0.3, -0.25) is 0 Å². The van der Waals surface area contributed by atoms with E-state index in [1.807, 2.05) is 30.3 Å². The second-order valence-electron chi connectivity index (χ2n) is 5.64. The number of esters is 1. The Kier molecular flexibility index (Phi) is 5.22. The van der Waals surface area contributed by atoms with Crippen molar-refractivity contribution < 1.29 is 27.2 Å². The van der Waals surface area contributed by atoms with Gasteiger partial charge in [0.2, 0.25) is 11.7 Å². The number of ether oxygens (including phenoxy) is 1. The summed E-state index contributed by atoms with van der Waals surface area (Å²) in [6.07, 6.45) is -4.68. The minimum absolute atomic E-state index is 0.0286. The van der Waals surface area contributed by atoms with Crippen molar-refractivity contribution in [2.24, 2.45) is 5.73 Å². The van der Waals surface area contributed by atoms with Crippen molar-refractivity contribution in [3.8, 4) is 17.1 Å². The third-order valence-electron chi connectivity index (χ3n) is 3.62. The predicted molar refractivity (Wildman–Crippen MR) is 88.5 cm³/mol. The molecule has 6 nitrogen and oxygen atoms in total. The van der Waals surface area contributed by atoms with Crippen LogP contribution >= 0.6 is 0 Å². The minimum atomic E-state index is -5.12. The molecule has 1 atom stereocenters. The van der Waals surface area contributed by atoms with Crippen LogP contribution < -0.4 is 10.5 Å². The summed E-state index contributed by atoms with van der Waals surface area (Å²) < 4.78 is 46.9. The van der Waals surface area contributed by atoms with E-state index in [1.54, 1.807) is 6.07 Å². The smallest absolute Gasteiger partial charge is 0.419 e. The fourth-order valence-corrected chi connectivity index (χ4v) is 2.35. The normalized spacial score (nSPS) is 12.6. The molecule has 0 aliphatic rings. The molecule has 9 heteroatoms. The summed E-state index contributed by atoms with van der Waals surface area (Å²) in [4.78, 5) is 15.2. The second kappa shape index (κ2) is 7.58. The average Bonchev–Trinajstić information content (AvgIpc) is 3.12. The SMILES string of the molecule is NC(Cc1ccccc1)c1nc(-c2ccccc2OC(=O)C(F)(F)F)no1. The Bertz CT molecular complexity index is 926. The topological polar surface area (TPSA) is 91.2 Å². The lowest BCUT2D eigenvalue weighted by atomic mass is 10.1. The molecule has 0 spiro atoms. The third kappa shape index (κ3) is 4.50. The highest BCUT2D eigenvalue weighted by atomic mass is 19.4. The molecule has 0 bridgehead atoms. The van der Waals surface area contributed by atoms with Gasteiger partial charge in [-0.05, 0) is 24.1 Å². The summed E-state index contributed by atoms with van der Waals surface area (Å²) in [6, 6.07) is 14.4. The number of nitrogens with zero attached hydrogens (tertiary/aromatic N) is 2. The van der Waals surface area contributed by atoms with Gasteiger partial charge >= 0.3 is 12.1 Å². The number of benzene rings is 2. The zero-order valence-corrected chi connectivity index (χ0v) is 13.8. The van der Waals surface area contributed by atoms with E-state index in [-0.39, 0.29) is 23.0 Å². The number of rotatable bonds is 5. The molecule has 0 aliphatic carbocycles. The Morgan fingerprint density at radius 1 is 1.11 bits per heavy atom. The molecule has 0 fully saturated rings. The van der Waals surface area contributed by atoms with Crippen molar-refractivity contribution >= 4 is 5.97 Å². The van der Waals surface area contributed by atoms with E-state index in [9.17, 15) is 18.0 Å². The molecule has 0 amide bonds. The molecule has 0 aliphatic heterocycles. The number of carbonyl (C=O) groups is 1. The van der Waals surface area contributed by atoms with E-state index in [2.05, 4.69) is 14.9 Å². The molecule has 0 saturated carbocycles. The Balaban J connectivity index is 1.81. The van der Waals surface area contributed by atoms with E-state index in [1.165, 1.54) is 18.2 Å². The first-order valence-corrected chi connectivity index (χ1v) is 7.86. The van der Waals surface area contributed by atoms with Crippen molar-refractivity contribution in [2.45, 2.75) is 18.6 Å². The van der Waals surface area contributed by atoms with Crippen molar-refractivity contribution in [1.29, 1.82) is 0 Å². The van der Waals surface area contributed by atoms with Gasteiger partial charge in [-0.25, -0.2) is 4.79 Å². The maximum atomic E-state index is 12.4. The van der Waals surface area contributed by atoms with Gasteiger partial charge in [-0.15, -0.1) is 0 Å². The van der Waals surface area contributed by atoms with Gasteiger partial charge in [0.1, 0.15) is 5.75 Å². The largest absolute Gasteiger partial charge is 0.491 e. The molecule has 1 heterocycles. The van der Waals surface area contributed by atoms with Crippen LogP contribution in [0.5, 0.6) is 5.75 Å². The first-order valence-electron chi connectivity index (χ1n) is 7.86. The van der Waals surface area contributed by atoms with Crippen LogP contribution in [-0.2, 0) is 11.2 Å². The summed E-state index contributed by atoms with van der Waals surface area (Å²) in [5.41, 5.74) is 7.11. The van der Waals surface area contributed by atoms with Crippen molar-refractivity contribution in [1.82, 2.24) is 10.1 Å². The molecule has 0 saturated heterocycles. The van der Waals surface area contributed by atoms with Gasteiger partial charge in [0.25, 0.3) is 0 Å². The van der Waals surface area contributed by atoms with E-state index in [0.29, 0.717) is 6.42 Å². The van der Waals surface area contributed by atoms with Crippen molar-refractivity contribution in [3.05, 3.63) is 66.1 Å². The van der Waals surface area contributed by atoms with Gasteiger partial charge in [0.15, 0.2) is 0 Å². The number of hydrogen-bond acceptors (Lipinski definition) is 6. The number of aromatic nitrogens is 2. The van der Waals surface area contributed by atoms with E-state index in [4.69, 9.17) is 10.3 Å². The van der Waals surface area contributed by atoms with Crippen LogP contribution in [0.25, 0.3) is 11.4 Å². The molecule has 0 radical (unpaired) electrons. The summed E-state index contributed by atoms with van der Waals surface area (Å²) in [5, 5.41) is 3.74. The number of nitrogens with two attached hydrogens (primary N) is 1. The zero-order chi connectivity index (χ0) is 19.4. The fourth-order valence-electron chi connectivity index (χ4n) is 2.35. The summed E-state index contributed by atoms with van der Waals surface area (Å²) in [7, 11) is 0. The maximum absolute atomic E-state index is 12.4. The van der Waals surface area contributed by atoms with Gasteiger partial charge < -0.3 is 15.0 Å². The number of alkyl halides is 3. The van der Waals surface area contributed by atoms with E-state index < -0.39 is 18.2 Å². The highest BCUT2D eigenvalue weighted by Gasteiger charge is 2.41. The average molecular weight is 377 g/mol. The summed E-state index contributed by atoms with van der Waals surface area (Å²) in [6.45, 7) is 0. The number of para-hydroxylation sites is 1. The van der Waals surface area contributed by atoms with E-state index >= 15 is 0 Å². The lowest BCUT2D eigenvalue weighted by molar-refractivity contribution is -0.189. The molecule has 3 aromatic rings. The first kappa shape index (κ1) is 18.6. The molecule has 1 unspecified atom stereocenters. The first-order chi connectivity index (χ1) is 12.8. The molecule has 27 heavy (non-hydrogen) atoms. The Morgan fingerprint density at radius 3 is 2.48 bits per heavy atom. The van der Waals surface area contributed by atoms with Gasteiger partial charge in [0, 0.05) is 0 Å². The van der Waals surface area contributed by atoms with Crippen molar-refractivity contribution in [2.75, 3.05) is 0 Å². The van der Waals surface area contributed by atoms with Crippen LogP contribution in [0.15, 0.2) is 59.1 Å². The fraction of sp³-hybridized carbons (Fsp3) is 0.167. The van der Waals surface area contributed by atoms with Gasteiger partial charge in [0.05, 0.1) is 11.6 Å². The quantitative estimate of drug-likeness (QED) is 0.541. The molecule has 2 N–H and O–H groups in total.